The Hall–Kier alpha value is -3.65. The first-order chi connectivity index (χ1) is 14.1. The van der Waals surface area contributed by atoms with E-state index in [9.17, 15) is 4.79 Å². The van der Waals surface area contributed by atoms with E-state index in [0.29, 0.717) is 11.3 Å². The molecular weight excluding hydrogens is 398 g/mol. The van der Waals surface area contributed by atoms with Crippen LogP contribution in [0.5, 0.6) is 23.5 Å². The van der Waals surface area contributed by atoms with Crippen LogP contribution in [0.1, 0.15) is 5.56 Å². The van der Waals surface area contributed by atoms with Gasteiger partial charge in [0.25, 0.3) is 0 Å². The highest BCUT2D eigenvalue weighted by atomic mass is 35.5. The van der Waals surface area contributed by atoms with Gasteiger partial charge in [0, 0.05) is 5.56 Å². The summed E-state index contributed by atoms with van der Waals surface area (Å²) in [7, 11) is 2.69. The van der Waals surface area contributed by atoms with E-state index in [1.807, 2.05) is 18.2 Å². The summed E-state index contributed by atoms with van der Waals surface area (Å²) >= 11 is 5.98. The second kappa shape index (κ2) is 9.52. The third-order valence-electron chi connectivity index (χ3n) is 3.54. The summed E-state index contributed by atoms with van der Waals surface area (Å²) in [4.78, 5) is 24.1. The van der Waals surface area contributed by atoms with Gasteiger partial charge in [-0.1, -0.05) is 36.4 Å². The fourth-order valence-corrected chi connectivity index (χ4v) is 2.47. The van der Waals surface area contributed by atoms with Crippen molar-refractivity contribution in [1.29, 1.82) is 0 Å². The number of rotatable bonds is 7. The lowest BCUT2D eigenvalue weighted by Gasteiger charge is -2.12. The van der Waals surface area contributed by atoms with Gasteiger partial charge in [0.1, 0.15) is 17.1 Å². The van der Waals surface area contributed by atoms with Gasteiger partial charge >= 0.3 is 18.0 Å². The minimum Gasteiger partial charge on any atom is -0.503 e. The molecule has 1 heterocycles. The van der Waals surface area contributed by atoms with Crippen molar-refractivity contribution in [3.63, 3.8) is 0 Å². The average molecular weight is 414 g/mol. The number of hydrogen-bond acceptors (Lipinski definition) is 8. The SMILES string of the molecule is CO/C=C(/C(=O)OC)c1ccccc1Oc1nc(Cl)nc(Oc2ccccc2)n1. The minimum atomic E-state index is -0.593. The van der Waals surface area contributed by atoms with Gasteiger partial charge in [-0.3, -0.25) is 0 Å². The lowest BCUT2D eigenvalue weighted by Crippen LogP contribution is -2.06. The predicted molar refractivity (Wildman–Crippen MR) is 105 cm³/mol. The van der Waals surface area contributed by atoms with Crippen molar-refractivity contribution in [2.24, 2.45) is 0 Å². The van der Waals surface area contributed by atoms with E-state index in [2.05, 4.69) is 15.0 Å². The zero-order valence-electron chi connectivity index (χ0n) is 15.5. The number of carbonyl (C=O) groups is 1. The maximum absolute atomic E-state index is 12.1. The van der Waals surface area contributed by atoms with Crippen molar-refractivity contribution < 1.29 is 23.7 Å². The summed E-state index contributed by atoms with van der Waals surface area (Å²) in [6.45, 7) is 0. The van der Waals surface area contributed by atoms with Crippen LogP contribution in [0.2, 0.25) is 5.28 Å². The van der Waals surface area contributed by atoms with E-state index >= 15 is 0 Å². The molecule has 1 aromatic heterocycles. The van der Waals surface area contributed by atoms with Gasteiger partial charge in [-0.15, -0.1) is 4.98 Å². The predicted octanol–water partition coefficient (Wildman–Crippen LogP) is 4.27. The highest BCUT2D eigenvalue weighted by Crippen LogP contribution is 2.31. The maximum Gasteiger partial charge on any atom is 0.341 e. The number of aromatic nitrogens is 3. The number of hydrogen-bond donors (Lipinski definition) is 0. The quantitative estimate of drug-likeness (QED) is 0.322. The van der Waals surface area contributed by atoms with E-state index in [0.717, 1.165) is 0 Å². The molecule has 148 valence electrons. The first kappa shape index (κ1) is 20.1. The van der Waals surface area contributed by atoms with Crippen molar-refractivity contribution in [2.45, 2.75) is 0 Å². The number of esters is 1. The largest absolute Gasteiger partial charge is 0.503 e. The Bertz CT molecular complexity index is 1030. The van der Waals surface area contributed by atoms with Gasteiger partial charge in [-0.25, -0.2) is 4.79 Å². The van der Waals surface area contributed by atoms with Crippen molar-refractivity contribution >= 4 is 23.1 Å². The fourth-order valence-electron chi connectivity index (χ4n) is 2.33. The number of nitrogens with zero attached hydrogens (tertiary/aromatic N) is 3. The normalized spacial score (nSPS) is 10.9. The van der Waals surface area contributed by atoms with Crippen molar-refractivity contribution in [1.82, 2.24) is 15.0 Å². The molecule has 0 radical (unpaired) electrons. The molecule has 29 heavy (non-hydrogen) atoms. The van der Waals surface area contributed by atoms with Crippen LogP contribution in [-0.2, 0) is 14.3 Å². The van der Waals surface area contributed by atoms with Crippen molar-refractivity contribution in [3.05, 3.63) is 71.7 Å². The molecule has 3 aromatic rings. The second-order valence-corrected chi connectivity index (χ2v) is 5.78. The second-order valence-electron chi connectivity index (χ2n) is 5.44. The Kier molecular flexibility index (Phi) is 6.59. The number of benzene rings is 2. The molecule has 0 saturated carbocycles. The molecule has 3 rings (SSSR count). The van der Waals surface area contributed by atoms with Crippen LogP contribution in [0, 0.1) is 0 Å². The van der Waals surface area contributed by atoms with Crippen LogP contribution in [0.25, 0.3) is 5.57 Å². The van der Waals surface area contributed by atoms with Crippen LogP contribution in [0.15, 0.2) is 60.9 Å². The number of carbonyl (C=O) groups excluding carboxylic acids is 1. The van der Waals surface area contributed by atoms with E-state index < -0.39 is 5.97 Å². The summed E-state index contributed by atoms with van der Waals surface area (Å²) in [5.41, 5.74) is 0.578. The first-order valence-electron chi connectivity index (χ1n) is 8.33. The van der Waals surface area contributed by atoms with Gasteiger partial charge in [0.05, 0.1) is 20.5 Å². The molecule has 0 saturated heterocycles. The molecule has 0 aliphatic carbocycles. The Morgan fingerprint density at radius 3 is 2.24 bits per heavy atom. The molecule has 0 unspecified atom stereocenters. The van der Waals surface area contributed by atoms with Crippen LogP contribution in [0.3, 0.4) is 0 Å². The van der Waals surface area contributed by atoms with Gasteiger partial charge in [-0.2, -0.15) is 9.97 Å². The summed E-state index contributed by atoms with van der Waals surface area (Å²) in [6, 6.07) is 15.6. The zero-order valence-corrected chi connectivity index (χ0v) is 16.3. The van der Waals surface area contributed by atoms with E-state index in [1.54, 1.807) is 36.4 Å². The van der Waals surface area contributed by atoms with Crippen LogP contribution >= 0.6 is 11.6 Å². The lowest BCUT2D eigenvalue weighted by molar-refractivity contribution is -0.133. The Labute approximate surface area is 171 Å². The Morgan fingerprint density at radius 2 is 1.55 bits per heavy atom. The molecule has 0 fully saturated rings. The summed E-state index contributed by atoms with van der Waals surface area (Å²) in [6.07, 6.45) is 1.26. The van der Waals surface area contributed by atoms with Crippen LogP contribution < -0.4 is 9.47 Å². The average Bonchev–Trinajstić information content (AvgIpc) is 2.72. The van der Waals surface area contributed by atoms with Gasteiger partial charge in [0.2, 0.25) is 5.28 Å². The fraction of sp³-hybridized carbons (Fsp3) is 0.100. The Balaban J connectivity index is 1.93. The molecule has 0 spiro atoms. The zero-order chi connectivity index (χ0) is 20.6. The highest BCUT2D eigenvalue weighted by Gasteiger charge is 2.19. The maximum atomic E-state index is 12.1. The van der Waals surface area contributed by atoms with Gasteiger partial charge < -0.3 is 18.9 Å². The van der Waals surface area contributed by atoms with Crippen LogP contribution in [-0.4, -0.2) is 35.1 Å². The van der Waals surface area contributed by atoms with Crippen molar-refractivity contribution in [2.75, 3.05) is 14.2 Å². The monoisotopic (exact) mass is 413 g/mol. The standard InChI is InChI=1S/C20H16ClN3O5/c1-26-12-15(17(25)27-2)14-10-6-7-11-16(14)29-20-23-18(21)22-19(24-20)28-13-8-4-3-5-9-13/h3-12H,1-2H3/b15-12+. The summed E-state index contributed by atoms with van der Waals surface area (Å²) < 4.78 is 21.1. The number of methoxy groups -OCH3 is 2. The van der Waals surface area contributed by atoms with Gasteiger partial charge in [-0.05, 0) is 29.8 Å². The lowest BCUT2D eigenvalue weighted by atomic mass is 10.1. The molecule has 0 bridgehead atoms. The number of halogens is 1. The van der Waals surface area contributed by atoms with Crippen LogP contribution in [0.4, 0.5) is 0 Å². The summed E-state index contributed by atoms with van der Waals surface area (Å²) in [5, 5.41) is -0.112. The molecule has 0 N–H and O–H groups in total. The first-order valence-corrected chi connectivity index (χ1v) is 8.71. The number of ether oxygens (including phenoxy) is 4. The molecule has 0 aliphatic rings. The topological polar surface area (TPSA) is 92.7 Å². The third-order valence-corrected chi connectivity index (χ3v) is 3.71. The van der Waals surface area contributed by atoms with Gasteiger partial charge in [0.15, 0.2) is 0 Å². The minimum absolute atomic E-state index is 0.0377. The molecule has 0 atom stereocenters. The smallest absolute Gasteiger partial charge is 0.341 e. The molecule has 8 nitrogen and oxygen atoms in total. The molecule has 0 amide bonds. The summed E-state index contributed by atoms with van der Waals surface area (Å²) in [5.74, 6) is 0.218. The van der Waals surface area contributed by atoms with E-state index in [4.69, 9.17) is 30.5 Å². The van der Waals surface area contributed by atoms with E-state index in [-0.39, 0.29) is 28.6 Å². The molecule has 9 heteroatoms. The number of para-hydroxylation sites is 2. The molecule has 0 aliphatic heterocycles. The molecular formula is C20H16ClN3O5. The highest BCUT2D eigenvalue weighted by molar-refractivity contribution is 6.28. The Morgan fingerprint density at radius 1 is 0.897 bits per heavy atom. The molecule has 2 aromatic carbocycles. The van der Waals surface area contributed by atoms with Crippen molar-refractivity contribution in [3.8, 4) is 23.5 Å². The van der Waals surface area contributed by atoms with E-state index in [1.165, 1.54) is 20.5 Å². The third kappa shape index (κ3) is 5.20.